The van der Waals surface area contributed by atoms with Crippen molar-refractivity contribution in [3.63, 3.8) is 0 Å². The maximum absolute atomic E-state index is 12.1. The van der Waals surface area contributed by atoms with Gasteiger partial charge in [-0.1, -0.05) is 6.07 Å². The van der Waals surface area contributed by atoms with Crippen molar-refractivity contribution in [1.29, 1.82) is 5.26 Å². The minimum absolute atomic E-state index is 0.0247. The van der Waals surface area contributed by atoms with Crippen LogP contribution < -0.4 is 10.1 Å². The molecule has 2 heterocycles. The molecular weight excluding hydrogens is 334 g/mol. The number of carbonyl (C=O) groups excluding carboxylic acids is 1. The Morgan fingerprint density at radius 2 is 2.04 bits per heavy atom. The zero-order valence-electron chi connectivity index (χ0n) is 14.0. The van der Waals surface area contributed by atoms with Gasteiger partial charge in [0.15, 0.2) is 6.61 Å². The van der Waals surface area contributed by atoms with Gasteiger partial charge in [-0.25, -0.2) is 0 Å². The zero-order chi connectivity index (χ0) is 17.5. The third-order valence-electron chi connectivity index (χ3n) is 4.30. The molecule has 25 heavy (non-hydrogen) atoms. The normalized spacial score (nSPS) is 15.5. The molecule has 1 aliphatic heterocycles. The molecule has 1 aromatic heterocycles. The quantitative estimate of drug-likeness (QED) is 0.829. The Kier molecular flexibility index (Phi) is 6.04. The van der Waals surface area contributed by atoms with E-state index in [1.807, 2.05) is 0 Å². The van der Waals surface area contributed by atoms with Gasteiger partial charge in [0.1, 0.15) is 5.75 Å². The number of hydrogen-bond acceptors (Lipinski definition) is 5. The van der Waals surface area contributed by atoms with Crippen LogP contribution in [-0.4, -0.2) is 37.0 Å². The number of hydrogen-bond donors (Lipinski definition) is 1. The number of nitrogens with zero attached hydrogens (tertiary/aromatic N) is 2. The first-order chi connectivity index (χ1) is 12.3. The van der Waals surface area contributed by atoms with Crippen LogP contribution in [-0.2, 0) is 4.79 Å². The minimum atomic E-state index is -0.134. The third-order valence-corrected chi connectivity index (χ3v) is 5.27. The number of amides is 1. The van der Waals surface area contributed by atoms with Gasteiger partial charge in [0.05, 0.1) is 17.7 Å². The molecule has 1 fully saturated rings. The van der Waals surface area contributed by atoms with Crippen LogP contribution in [0.2, 0.25) is 0 Å². The first-order valence-electron chi connectivity index (χ1n) is 8.43. The second kappa shape index (κ2) is 8.65. The first-order valence-corrected chi connectivity index (χ1v) is 9.31. The number of likely N-dealkylation sites (tertiary alicyclic amines) is 1. The lowest BCUT2D eigenvalue weighted by atomic mass is 10.2. The number of thiophene rings is 1. The summed E-state index contributed by atoms with van der Waals surface area (Å²) < 4.78 is 5.48. The fourth-order valence-corrected chi connectivity index (χ4v) is 3.84. The average Bonchev–Trinajstić information content (AvgIpc) is 3.35. The topological polar surface area (TPSA) is 65.4 Å². The average molecular weight is 355 g/mol. The molecule has 1 unspecified atom stereocenters. The van der Waals surface area contributed by atoms with Gasteiger partial charge < -0.3 is 10.1 Å². The SMILES string of the molecule is N#Cc1ccc(OCC(=O)NCC(c2cccs2)N2CCCC2)cc1. The molecule has 2 aromatic rings. The summed E-state index contributed by atoms with van der Waals surface area (Å²) in [5, 5.41) is 13.8. The Hall–Kier alpha value is -2.36. The molecule has 1 aliphatic rings. The largest absolute Gasteiger partial charge is 0.484 e. The van der Waals surface area contributed by atoms with Crippen LogP contribution in [0, 0.1) is 11.3 Å². The van der Waals surface area contributed by atoms with Crippen molar-refractivity contribution in [1.82, 2.24) is 10.2 Å². The van der Waals surface area contributed by atoms with Gasteiger partial charge in [-0.05, 0) is 61.6 Å². The van der Waals surface area contributed by atoms with Crippen molar-refractivity contribution in [3.8, 4) is 11.8 Å². The summed E-state index contributed by atoms with van der Waals surface area (Å²) in [5.74, 6) is 0.452. The van der Waals surface area contributed by atoms with E-state index in [1.54, 1.807) is 35.6 Å². The Bertz CT molecular complexity index is 716. The molecule has 1 aromatic carbocycles. The lowest BCUT2D eigenvalue weighted by Gasteiger charge is -2.26. The molecule has 5 nitrogen and oxygen atoms in total. The van der Waals surface area contributed by atoms with Gasteiger partial charge >= 0.3 is 0 Å². The van der Waals surface area contributed by atoms with Crippen LogP contribution in [0.3, 0.4) is 0 Å². The molecule has 6 heteroatoms. The lowest BCUT2D eigenvalue weighted by Crippen LogP contribution is -2.38. The highest BCUT2D eigenvalue weighted by Gasteiger charge is 2.24. The van der Waals surface area contributed by atoms with Crippen LogP contribution in [0.4, 0.5) is 0 Å². The third kappa shape index (κ3) is 4.81. The summed E-state index contributed by atoms with van der Waals surface area (Å²) in [6, 6.07) is 13.2. The van der Waals surface area contributed by atoms with E-state index >= 15 is 0 Å². The van der Waals surface area contributed by atoms with Gasteiger partial charge in [0.25, 0.3) is 5.91 Å². The first kappa shape index (κ1) is 17.5. The van der Waals surface area contributed by atoms with Crippen LogP contribution in [0.25, 0.3) is 0 Å². The number of nitrogens with one attached hydrogen (secondary N) is 1. The highest BCUT2D eigenvalue weighted by molar-refractivity contribution is 7.10. The number of rotatable bonds is 7. The predicted octanol–water partition coefficient (Wildman–Crippen LogP) is 2.95. The Balaban J connectivity index is 1.50. The van der Waals surface area contributed by atoms with Crippen LogP contribution in [0.15, 0.2) is 41.8 Å². The van der Waals surface area contributed by atoms with Crippen molar-refractivity contribution < 1.29 is 9.53 Å². The molecule has 1 amide bonds. The maximum Gasteiger partial charge on any atom is 0.258 e. The van der Waals surface area contributed by atoms with Crippen LogP contribution in [0.1, 0.15) is 29.3 Å². The number of benzene rings is 1. The van der Waals surface area contributed by atoms with E-state index in [4.69, 9.17) is 10.00 Å². The second-order valence-electron chi connectivity index (χ2n) is 6.00. The predicted molar refractivity (Wildman–Crippen MR) is 97.5 cm³/mol. The molecule has 0 spiro atoms. The maximum atomic E-state index is 12.1. The molecule has 1 atom stereocenters. The van der Waals surface area contributed by atoms with E-state index in [2.05, 4.69) is 33.8 Å². The van der Waals surface area contributed by atoms with Gasteiger partial charge in [-0.3, -0.25) is 9.69 Å². The molecule has 1 N–H and O–H groups in total. The Morgan fingerprint density at radius 1 is 1.28 bits per heavy atom. The fourth-order valence-electron chi connectivity index (χ4n) is 2.98. The van der Waals surface area contributed by atoms with Crippen molar-refractivity contribution in [2.75, 3.05) is 26.2 Å². The zero-order valence-corrected chi connectivity index (χ0v) is 14.8. The molecule has 0 aliphatic carbocycles. The van der Waals surface area contributed by atoms with Crippen molar-refractivity contribution in [2.24, 2.45) is 0 Å². The highest BCUT2D eigenvalue weighted by Crippen LogP contribution is 2.27. The van der Waals surface area contributed by atoms with Gasteiger partial charge in [0, 0.05) is 11.4 Å². The summed E-state index contributed by atoms with van der Waals surface area (Å²) in [6.07, 6.45) is 2.44. The smallest absolute Gasteiger partial charge is 0.258 e. The van der Waals surface area contributed by atoms with E-state index < -0.39 is 0 Å². The van der Waals surface area contributed by atoms with E-state index in [0.717, 1.165) is 13.1 Å². The second-order valence-corrected chi connectivity index (χ2v) is 6.98. The van der Waals surface area contributed by atoms with Crippen molar-refractivity contribution in [2.45, 2.75) is 18.9 Å². The monoisotopic (exact) mass is 355 g/mol. The molecule has 0 bridgehead atoms. The molecule has 0 radical (unpaired) electrons. The van der Waals surface area contributed by atoms with E-state index in [-0.39, 0.29) is 18.6 Å². The number of ether oxygens (including phenoxy) is 1. The van der Waals surface area contributed by atoms with E-state index in [0.29, 0.717) is 17.9 Å². The minimum Gasteiger partial charge on any atom is -0.484 e. The molecule has 0 saturated carbocycles. The summed E-state index contributed by atoms with van der Waals surface area (Å²) >= 11 is 1.73. The highest BCUT2D eigenvalue weighted by atomic mass is 32.1. The van der Waals surface area contributed by atoms with Crippen molar-refractivity contribution in [3.05, 3.63) is 52.2 Å². The van der Waals surface area contributed by atoms with Gasteiger partial charge in [-0.2, -0.15) is 5.26 Å². The summed E-state index contributed by atoms with van der Waals surface area (Å²) in [6.45, 7) is 2.74. The number of nitriles is 1. The van der Waals surface area contributed by atoms with E-state index in [1.165, 1.54) is 17.7 Å². The van der Waals surface area contributed by atoms with Crippen LogP contribution >= 0.6 is 11.3 Å². The fraction of sp³-hybridized carbons (Fsp3) is 0.368. The molecule has 130 valence electrons. The number of carbonyl (C=O) groups is 1. The molecule has 3 rings (SSSR count). The lowest BCUT2D eigenvalue weighted by molar-refractivity contribution is -0.123. The Labute approximate surface area is 151 Å². The summed E-state index contributed by atoms with van der Waals surface area (Å²) in [4.78, 5) is 15.9. The van der Waals surface area contributed by atoms with Crippen LogP contribution in [0.5, 0.6) is 5.75 Å². The summed E-state index contributed by atoms with van der Waals surface area (Å²) in [7, 11) is 0. The standard InChI is InChI=1S/C19H21N3O2S/c20-12-15-5-7-16(8-6-15)24-14-19(23)21-13-17(18-4-3-11-25-18)22-9-1-2-10-22/h3-8,11,17H,1-2,9-10,13-14H2,(H,21,23). The van der Waals surface area contributed by atoms with Gasteiger partial charge in [-0.15, -0.1) is 11.3 Å². The van der Waals surface area contributed by atoms with Crippen molar-refractivity contribution >= 4 is 17.2 Å². The summed E-state index contributed by atoms with van der Waals surface area (Å²) in [5.41, 5.74) is 0.571. The molecule has 1 saturated heterocycles. The Morgan fingerprint density at radius 3 is 2.68 bits per heavy atom. The molecular formula is C19H21N3O2S. The van der Waals surface area contributed by atoms with E-state index in [9.17, 15) is 4.79 Å². The van der Waals surface area contributed by atoms with Gasteiger partial charge in [0.2, 0.25) is 0 Å².